The molecule has 1 heterocycles. The van der Waals surface area contributed by atoms with E-state index in [1.165, 1.54) is 6.07 Å². The van der Waals surface area contributed by atoms with Crippen LogP contribution in [-0.2, 0) is 4.79 Å². The van der Waals surface area contributed by atoms with Crippen LogP contribution in [0.1, 0.15) is 16.7 Å². The first-order chi connectivity index (χ1) is 9.12. The van der Waals surface area contributed by atoms with Crippen LogP contribution in [-0.4, -0.2) is 18.2 Å². The van der Waals surface area contributed by atoms with Crippen molar-refractivity contribution in [2.45, 2.75) is 26.1 Å². The molecule has 1 aliphatic rings. The fourth-order valence-electron chi connectivity index (χ4n) is 1.97. The van der Waals surface area contributed by atoms with E-state index in [2.05, 4.69) is 0 Å². The molecule has 0 unspecified atom stereocenters. The molecule has 0 bridgehead atoms. The quantitative estimate of drug-likeness (QED) is 0.648. The number of aliphatic carboxylic acids is 1. The molecule has 0 radical (unpaired) electrons. The summed E-state index contributed by atoms with van der Waals surface area (Å²) in [7, 11) is 0. The van der Waals surface area contributed by atoms with Crippen LogP contribution in [0.3, 0.4) is 0 Å². The SMILES string of the molecule is Cc1c(Cl)cc2c(c1C)O[C@H](C(F)(F)F)C(C(=O)[O-])=C2.[Na+]. The Hall–Kier alpha value is -0.690. The summed E-state index contributed by atoms with van der Waals surface area (Å²) in [6.45, 7) is 3.20. The summed E-state index contributed by atoms with van der Waals surface area (Å²) in [6, 6.07) is 1.37. The monoisotopic (exact) mass is 328 g/mol. The zero-order chi connectivity index (χ0) is 15.2. The van der Waals surface area contributed by atoms with Crippen LogP contribution in [0.5, 0.6) is 5.75 Å². The average Bonchev–Trinajstić information content (AvgIpc) is 2.33. The number of hydrogen-bond donors (Lipinski definition) is 0. The first-order valence-corrected chi connectivity index (χ1v) is 5.96. The van der Waals surface area contributed by atoms with Gasteiger partial charge in [-0.2, -0.15) is 13.2 Å². The van der Waals surface area contributed by atoms with E-state index in [0.717, 1.165) is 6.08 Å². The molecule has 1 aliphatic heterocycles. The predicted octanol–water partition coefficient (Wildman–Crippen LogP) is -0.583. The van der Waals surface area contributed by atoms with Gasteiger partial charge in [-0.15, -0.1) is 0 Å². The number of carboxylic acids is 1. The van der Waals surface area contributed by atoms with E-state index in [1.54, 1.807) is 13.8 Å². The molecule has 2 rings (SSSR count). The standard InChI is InChI=1S/C13H10ClF3O3.Na/c1-5-6(2)10-7(4-9(5)14)3-8(12(18)19)11(20-10)13(15,16)17;/h3-4,11H,1-2H3,(H,18,19);/q;+1/p-1/t11-;/m0./s1. The minimum Gasteiger partial charge on any atom is -0.545 e. The number of benzene rings is 1. The maximum atomic E-state index is 12.9. The van der Waals surface area contributed by atoms with Crippen LogP contribution in [0.2, 0.25) is 5.02 Å². The summed E-state index contributed by atoms with van der Waals surface area (Å²) in [5.74, 6) is -1.94. The van der Waals surface area contributed by atoms with Crippen LogP contribution in [0.4, 0.5) is 13.2 Å². The average molecular weight is 329 g/mol. The maximum Gasteiger partial charge on any atom is 1.00 e. The summed E-state index contributed by atoms with van der Waals surface area (Å²) >= 11 is 5.93. The number of carboxylic acid groups (broad SMARTS) is 1. The van der Waals surface area contributed by atoms with Gasteiger partial charge in [0.2, 0.25) is 6.10 Å². The Bertz CT molecular complexity index is 626. The Morgan fingerprint density at radius 3 is 2.38 bits per heavy atom. The number of rotatable bonds is 1. The van der Waals surface area contributed by atoms with Crippen molar-refractivity contribution in [1.29, 1.82) is 0 Å². The van der Waals surface area contributed by atoms with Gasteiger partial charge in [-0.05, 0) is 37.1 Å². The van der Waals surface area contributed by atoms with E-state index in [0.29, 0.717) is 16.1 Å². The van der Waals surface area contributed by atoms with E-state index in [1.807, 2.05) is 0 Å². The van der Waals surface area contributed by atoms with Gasteiger partial charge >= 0.3 is 35.7 Å². The Balaban J connectivity index is 0.00000220. The van der Waals surface area contributed by atoms with E-state index >= 15 is 0 Å². The number of fused-ring (bicyclic) bond motifs is 1. The van der Waals surface area contributed by atoms with Crippen molar-refractivity contribution in [3.05, 3.63) is 33.4 Å². The van der Waals surface area contributed by atoms with Crippen molar-refractivity contribution >= 4 is 23.6 Å². The van der Waals surface area contributed by atoms with Crippen LogP contribution in [0.25, 0.3) is 6.08 Å². The second-order valence-corrected chi connectivity index (χ2v) is 4.86. The topological polar surface area (TPSA) is 49.4 Å². The number of hydrogen-bond acceptors (Lipinski definition) is 3. The van der Waals surface area contributed by atoms with Crippen molar-refractivity contribution in [2.24, 2.45) is 0 Å². The fraction of sp³-hybridized carbons (Fsp3) is 0.308. The van der Waals surface area contributed by atoms with E-state index in [9.17, 15) is 23.1 Å². The Morgan fingerprint density at radius 2 is 1.90 bits per heavy atom. The molecule has 21 heavy (non-hydrogen) atoms. The first kappa shape index (κ1) is 18.4. The van der Waals surface area contributed by atoms with Gasteiger partial charge in [-0.1, -0.05) is 11.6 Å². The molecule has 0 aliphatic carbocycles. The molecule has 0 aromatic heterocycles. The molecule has 3 nitrogen and oxygen atoms in total. The van der Waals surface area contributed by atoms with Crippen molar-refractivity contribution in [1.82, 2.24) is 0 Å². The number of ether oxygens (including phenoxy) is 1. The smallest absolute Gasteiger partial charge is 0.545 e. The summed E-state index contributed by atoms with van der Waals surface area (Å²) in [6.07, 6.45) is -6.49. The Morgan fingerprint density at radius 1 is 1.33 bits per heavy atom. The minimum atomic E-state index is -4.84. The van der Waals surface area contributed by atoms with Gasteiger partial charge < -0.3 is 14.6 Å². The summed E-state index contributed by atoms with van der Waals surface area (Å²) in [5, 5.41) is 11.2. The van der Waals surface area contributed by atoms with Gasteiger partial charge in [0.15, 0.2) is 0 Å². The third-order valence-corrected chi connectivity index (χ3v) is 3.56. The first-order valence-electron chi connectivity index (χ1n) is 5.59. The number of carbonyl (C=O) groups excluding carboxylic acids is 1. The molecule has 0 amide bonds. The molecule has 0 spiro atoms. The van der Waals surface area contributed by atoms with Gasteiger partial charge in [-0.25, -0.2) is 0 Å². The molecule has 0 fully saturated rings. The largest absolute Gasteiger partial charge is 1.00 e. The van der Waals surface area contributed by atoms with Gasteiger partial charge in [0.1, 0.15) is 5.75 Å². The Labute approximate surface area is 146 Å². The van der Waals surface area contributed by atoms with Gasteiger partial charge in [0.25, 0.3) is 0 Å². The number of halogens is 4. The molecular formula is C13H9ClF3NaO3. The molecule has 1 aromatic rings. The predicted molar refractivity (Wildman–Crippen MR) is 64.4 cm³/mol. The van der Waals surface area contributed by atoms with E-state index < -0.39 is 23.8 Å². The van der Waals surface area contributed by atoms with Gasteiger partial charge in [0.05, 0.1) is 5.97 Å². The molecule has 1 atom stereocenters. The van der Waals surface area contributed by atoms with Crippen LogP contribution in [0.15, 0.2) is 11.6 Å². The van der Waals surface area contributed by atoms with E-state index in [4.69, 9.17) is 16.3 Å². The summed E-state index contributed by atoms with van der Waals surface area (Å²) in [5.41, 5.74) is 0.245. The van der Waals surface area contributed by atoms with Crippen LogP contribution >= 0.6 is 11.6 Å². The molecule has 8 heteroatoms. The van der Waals surface area contributed by atoms with Crippen molar-refractivity contribution < 1.29 is 57.4 Å². The third kappa shape index (κ3) is 3.39. The zero-order valence-corrected chi connectivity index (χ0v) is 14.2. The molecule has 1 aromatic carbocycles. The number of carbonyl (C=O) groups is 1. The zero-order valence-electron chi connectivity index (χ0n) is 11.5. The third-order valence-electron chi connectivity index (χ3n) is 3.17. The van der Waals surface area contributed by atoms with Crippen molar-refractivity contribution in [3.63, 3.8) is 0 Å². The van der Waals surface area contributed by atoms with Crippen molar-refractivity contribution in [2.75, 3.05) is 0 Å². The molecule has 0 N–H and O–H groups in total. The van der Waals surface area contributed by atoms with E-state index in [-0.39, 0.29) is 40.9 Å². The summed E-state index contributed by atoms with van der Waals surface area (Å²) < 4.78 is 43.5. The summed E-state index contributed by atoms with van der Waals surface area (Å²) in [4.78, 5) is 10.9. The van der Waals surface area contributed by atoms with Gasteiger partial charge in [-0.3, -0.25) is 0 Å². The molecule has 0 saturated carbocycles. The molecule has 108 valence electrons. The molecular weight excluding hydrogens is 320 g/mol. The van der Waals surface area contributed by atoms with Crippen molar-refractivity contribution in [3.8, 4) is 5.75 Å². The maximum absolute atomic E-state index is 12.9. The normalized spacial score (nSPS) is 17.2. The fourth-order valence-corrected chi connectivity index (χ4v) is 2.23. The van der Waals surface area contributed by atoms with Gasteiger partial charge in [0, 0.05) is 16.2 Å². The second-order valence-electron chi connectivity index (χ2n) is 4.45. The molecule has 0 saturated heterocycles. The van der Waals surface area contributed by atoms with Crippen LogP contribution in [0, 0.1) is 13.8 Å². The van der Waals surface area contributed by atoms with Crippen LogP contribution < -0.4 is 39.4 Å². The Kier molecular flexibility index (Phi) is 5.42. The second kappa shape index (κ2) is 6.20. The number of alkyl halides is 3. The minimum absolute atomic E-state index is 0.